The van der Waals surface area contributed by atoms with Gasteiger partial charge in [0.25, 0.3) is 0 Å². The largest absolute Gasteiger partial charge is 0.491 e. The van der Waals surface area contributed by atoms with E-state index in [1.807, 2.05) is 6.07 Å². The molecule has 5 nitrogen and oxygen atoms in total. The van der Waals surface area contributed by atoms with Gasteiger partial charge >= 0.3 is 5.97 Å². The van der Waals surface area contributed by atoms with E-state index in [4.69, 9.17) is 20.5 Å². The van der Waals surface area contributed by atoms with Crippen molar-refractivity contribution < 1.29 is 14.3 Å². The summed E-state index contributed by atoms with van der Waals surface area (Å²) in [7, 11) is 0. The van der Waals surface area contributed by atoms with Crippen LogP contribution in [0.4, 0.5) is 0 Å². The number of benzene rings is 1. The molecule has 5 heteroatoms. The van der Waals surface area contributed by atoms with Gasteiger partial charge in [0, 0.05) is 0 Å². The fourth-order valence-corrected chi connectivity index (χ4v) is 1.29. The minimum Gasteiger partial charge on any atom is -0.491 e. The van der Waals surface area contributed by atoms with E-state index in [1.165, 1.54) is 0 Å². The number of carbonyl (C=O) groups excluding carboxylic acids is 1. The molecule has 0 amide bonds. The summed E-state index contributed by atoms with van der Waals surface area (Å²) in [6.45, 7) is 5.32. The molecule has 0 spiro atoms. The molecule has 0 bridgehead atoms. The zero-order valence-corrected chi connectivity index (χ0v) is 11.3. The van der Waals surface area contributed by atoms with Gasteiger partial charge in [0.15, 0.2) is 0 Å². The van der Waals surface area contributed by atoms with Crippen LogP contribution in [-0.4, -0.2) is 24.2 Å². The summed E-state index contributed by atoms with van der Waals surface area (Å²) in [6.07, 6.45) is 0. The van der Waals surface area contributed by atoms with Crippen molar-refractivity contribution in [3.05, 3.63) is 29.8 Å². The van der Waals surface area contributed by atoms with Crippen LogP contribution >= 0.6 is 0 Å². The van der Waals surface area contributed by atoms with Gasteiger partial charge in [-0.05, 0) is 39.0 Å². The summed E-state index contributed by atoms with van der Waals surface area (Å²) in [5, 5.41) is 8.75. The zero-order valence-electron chi connectivity index (χ0n) is 11.3. The minimum absolute atomic E-state index is 0.00377. The number of nitrogens with two attached hydrogens (primary N) is 1. The fraction of sp³-hybridized carbons (Fsp3) is 0.429. The smallest absolute Gasteiger partial charge is 0.326 e. The van der Waals surface area contributed by atoms with Gasteiger partial charge in [-0.1, -0.05) is 6.07 Å². The lowest BCUT2D eigenvalue weighted by atomic mass is 10.2. The van der Waals surface area contributed by atoms with E-state index in [0.29, 0.717) is 11.3 Å². The normalized spacial score (nSPS) is 12.4. The SMILES string of the molecule is CC(C)(C)OC(=O)C(N)COc1cccc(C#N)c1. The second kappa shape index (κ2) is 6.21. The molecule has 0 fully saturated rings. The van der Waals surface area contributed by atoms with E-state index >= 15 is 0 Å². The van der Waals surface area contributed by atoms with E-state index < -0.39 is 17.6 Å². The molecular formula is C14H18N2O3. The first-order valence-corrected chi connectivity index (χ1v) is 5.93. The first kappa shape index (κ1) is 15.0. The van der Waals surface area contributed by atoms with Crippen LogP contribution in [-0.2, 0) is 9.53 Å². The van der Waals surface area contributed by atoms with Crippen LogP contribution in [0.3, 0.4) is 0 Å². The maximum Gasteiger partial charge on any atom is 0.326 e. The topological polar surface area (TPSA) is 85.3 Å². The lowest BCUT2D eigenvalue weighted by Gasteiger charge is -2.22. The number of hydrogen-bond acceptors (Lipinski definition) is 5. The van der Waals surface area contributed by atoms with Crippen LogP contribution in [0, 0.1) is 11.3 Å². The summed E-state index contributed by atoms with van der Waals surface area (Å²) in [6, 6.07) is 7.80. The molecule has 1 aromatic carbocycles. The standard InChI is InChI=1S/C14H18N2O3/c1-14(2,3)19-13(17)12(16)9-18-11-6-4-5-10(7-11)8-15/h4-7,12H,9,16H2,1-3H3. The van der Waals surface area contributed by atoms with Gasteiger partial charge in [-0.3, -0.25) is 4.79 Å². The van der Waals surface area contributed by atoms with Crippen LogP contribution in [0.5, 0.6) is 5.75 Å². The lowest BCUT2D eigenvalue weighted by molar-refractivity contribution is -0.157. The number of esters is 1. The summed E-state index contributed by atoms with van der Waals surface area (Å²) in [4.78, 5) is 11.6. The van der Waals surface area contributed by atoms with Crippen LogP contribution in [0.15, 0.2) is 24.3 Å². The summed E-state index contributed by atoms with van der Waals surface area (Å²) < 4.78 is 10.5. The molecule has 1 aromatic rings. The molecular weight excluding hydrogens is 244 g/mol. The first-order chi connectivity index (χ1) is 8.81. The van der Waals surface area contributed by atoms with Crippen molar-refractivity contribution in [1.82, 2.24) is 0 Å². The highest BCUT2D eigenvalue weighted by Crippen LogP contribution is 2.13. The maximum absolute atomic E-state index is 11.6. The molecule has 0 radical (unpaired) electrons. The molecule has 0 heterocycles. The van der Waals surface area contributed by atoms with Crippen molar-refractivity contribution in [1.29, 1.82) is 5.26 Å². The van der Waals surface area contributed by atoms with Crippen LogP contribution in [0.1, 0.15) is 26.3 Å². The van der Waals surface area contributed by atoms with E-state index in [9.17, 15) is 4.79 Å². The third kappa shape index (κ3) is 5.40. The maximum atomic E-state index is 11.6. The quantitative estimate of drug-likeness (QED) is 0.833. The Kier molecular flexibility index (Phi) is 4.90. The van der Waals surface area contributed by atoms with Gasteiger partial charge < -0.3 is 15.2 Å². The number of nitriles is 1. The molecule has 102 valence electrons. The molecule has 0 aliphatic carbocycles. The van der Waals surface area contributed by atoms with Gasteiger partial charge in [0.05, 0.1) is 11.6 Å². The lowest BCUT2D eigenvalue weighted by Crippen LogP contribution is -2.41. The van der Waals surface area contributed by atoms with Crippen LogP contribution < -0.4 is 10.5 Å². The Labute approximate surface area is 112 Å². The van der Waals surface area contributed by atoms with Crippen molar-refractivity contribution in [3.63, 3.8) is 0 Å². The first-order valence-electron chi connectivity index (χ1n) is 5.93. The Morgan fingerprint density at radius 2 is 2.16 bits per heavy atom. The van der Waals surface area contributed by atoms with Crippen molar-refractivity contribution in [2.75, 3.05) is 6.61 Å². The Bertz CT molecular complexity index is 486. The average Bonchev–Trinajstić information content (AvgIpc) is 2.34. The second-order valence-corrected chi connectivity index (χ2v) is 5.09. The summed E-state index contributed by atoms with van der Waals surface area (Å²) in [5.74, 6) is -0.0120. The second-order valence-electron chi connectivity index (χ2n) is 5.09. The molecule has 2 N–H and O–H groups in total. The van der Waals surface area contributed by atoms with Gasteiger partial charge in [-0.25, -0.2) is 0 Å². The Balaban J connectivity index is 2.52. The zero-order chi connectivity index (χ0) is 14.5. The van der Waals surface area contributed by atoms with Crippen molar-refractivity contribution in [2.24, 2.45) is 5.73 Å². The fourth-order valence-electron chi connectivity index (χ4n) is 1.29. The molecule has 0 aliphatic heterocycles. The van der Waals surface area contributed by atoms with Crippen molar-refractivity contribution in [2.45, 2.75) is 32.4 Å². The van der Waals surface area contributed by atoms with Gasteiger partial charge in [0.2, 0.25) is 0 Å². The average molecular weight is 262 g/mol. The third-order valence-electron chi connectivity index (χ3n) is 2.10. The van der Waals surface area contributed by atoms with Gasteiger partial charge in [-0.15, -0.1) is 0 Å². The summed E-state index contributed by atoms with van der Waals surface area (Å²) >= 11 is 0. The monoisotopic (exact) mass is 262 g/mol. The van der Waals surface area contributed by atoms with E-state index in [1.54, 1.807) is 45.0 Å². The van der Waals surface area contributed by atoms with Crippen LogP contribution in [0.2, 0.25) is 0 Å². The van der Waals surface area contributed by atoms with Crippen molar-refractivity contribution >= 4 is 5.97 Å². The molecule has 0 aromatic heterocycles. The van der Waals surface area contributed by atoms with Gasteiger partial charge in [-0.2, -0.15) is 5.26 Å². The molecule has 0 aliphatic rings. The molecule has 1 rings (SSSR count). The minimum atomic E-state index is -0.857. The molecule has 19 heavy (non-hydrogen) atoms. The number of hydrogen-bond donors (Lipinski definition) is 1. The highest BCUT2D eigenvalue weighted by molar-refractivity contribution is 5.76. The highest BCUT2D eigenvalue weighted by Gasteiger charge is 2.22. The molecule has 1 atom stereocenters. The number of ether oxygens (including phenoxy) is 2. The highest BCUT2D eigenvalue weighted by atomic mass is 16.6. The number of rotatable bonds is 4. The summed E-state index contributed by atoms with van der Waals surface area (Å²) in [5.41, 5.74) is 5.59. The van der Waals surface area contributed by atoms with E-state index in [-0.39, 0.29) is 6.61 Å². The number of nitrogens with zero attached hydrogens (tertiary/aromatic N) is 1. The van der Waals surface area contributed by atoms with E-state index in [0.717, 1.165) is 0 Å². The Morgan fingerprint density at radius 1 is 1.47 bits per heavy atom. The molecule has 0 saturated carbocycles. The Hall–Kier alpha value is -2.06. The predicted octanol–water partition coefficient (Wildman–Crippen LogP) is 1.61. The predicted molar refractivity (Wildman–Crippen MR) is 70.5 cm³/mol. The van der Waals surface area contributed by atoms with E-state index in [2.05, 4.69) is 0 Å². The molecule has 0 saturated heterocycles. The Morgan fingerprint density at radius 3 is 2.74 bits per heavy atom. The molecule has 1 unspecified atom stereocenters. The van der Waals surface area contributed by atoms with Crippen LogP contribution in [0.25, 0.3) is 0 Å². The van der Waals surface area contributed by atoms with Crippen molar-refractivity contribution in [3.8, 4) is 11.8 Å². The van der Waals surface area contributed by atoms with Gasteiger partial charge in [0.1, 0.15) is 24.0 Å². The number of carbonyl (C=O) groups is 1. The third-order valence-corrected chi connectivity index (χ3v) is 2.10.